The molecule has 1 aromatic heterocycles. The Bertz CT molecular complexity index is 1200. The van der Waals surface area contributed by atoms with Gasteiger partial charge in [-0.2, -0.15) is 0 Å². The van der Waals surface area contributed by atoms with Crippen molar-refractivity contribution in [2.75, 3.05) is 0 Å². The summed E-state index contributed by atoms with van der Waals surface area (Å²) >= 11 is 13.0. The molecule has 0 amide bonds. The van der Waals surface area contributed by atoms with Gasteiger partial charge in [-0.3, -0.25) is 0 Å². The Morgan fingerprint density at radius 2 is 1.19 bits per heavy atom. The zero-order chi connectivity index (χ0) is 19.1. The molecule has 0 fully saturated rings. The summed E-state index contributed by atoms with van der Waals surface area (Å²) in [6.07, 6.45) is 0. The minimum atomic E-state index is 0.0598. The highest BCUT2D eigenvalue weighted by Gasteiger charge is 2.19. The molecule has 134 valence electrons. The highest BCUT2D eigenvalue weighted by atomic mass is 79.9. The van der Waals surface area contributed by atoms with Gasteiger partial charge >= 0.3 is 0 Å². The third kappa shape index (κ3) is 3.52. The fourth-order valence-electron chi connectivity index (χ4n) is 2.80. The van der Waals surface area contributed by atoms with E-state index in [1.54, 1.807) is 54.6 Å². The Kier molecular flexibility index (Phi) is 4.80. The number of halogens is 3. The van der Waals surface area contributed by atoms with Crippen LogP contribution in [0, 0.1) is 0 Å². The fourth-order valence-corrected chi connectivity index (χ4v) is 3.69. The third-order valence-corrected chi connectivity index (χ3v) is 5.28. The maximum atomic E-state index is 10.4. The Balaban J connectivity index is 2.11. The predicted molar refractivity (Wildman–Crippen MR) is 114 cm³/mol. The average Bonchev–Trinajstić information content (AvgIpc) is 2.64. The van der Waals surface area contributed by atoms with Gasteiger partial charge in [-0.15, -0.1) is 0 Å². The molecular weight excluding hydrogens is 495 g/mol. The Morgan fingerprint density at radius 1 is 0.667 bits per heavy atom. The number of aromatic nitrogens is 2. The van der Waals surface area contributed by atoms with Crippen molar-refractivity contribution in [1.82, 2.24) is 9.97 Å². The molecule has 0 atom stereocenters. The number of hydrogen-bond acceptors (Lipinski definition) is 4. The molecular formula is C20H11Br2ClN2O2. The lowest BCUT2D eigenvalue weighted by Crippen LogP contribution is -1.96. The second-order valence-electron chi connectivity index (χ2n) is 5.88. The molecule has 0 saturated heterocycles. The summed E-state index contributed by atoms with van der Waals surface area (Å²) in [6.45, 7) is 0. The van der Waals surface area contributed by atoms with Gasteiger partial charge in [0.15, 0.2) is 0 Å². The second-order valence-corrected chi connectivity index (χ2v) is 8.14. The van der Waals surface area contributed by atoms with Crippen molar-refractivity contribution in [1.29, 1.82) is 0 Å². The van der Waals surface area contributed by atoms with Gasteiger partial charge in [-0.1, -0.05) is 43.5 Å². The summed E-state index contributed by atoms with van der Waals surface area (Å²) in [6, 6.07) is 15.4. The lowest BCUT2D eigenvalue weighted by atomic mass is 10.0. The lowest BCUT2D eigenvalue weighted by Gasteiger charge is -2.13. The van der Waals surface area contributed by atoms with Crippen LogP contribution < -0.4 is 0 Å². The molecule has 2 N–H and O–H groups in total. The van der Waals surface area contributed by atoms with Crippen LogP contribution in [0.4, 0.5) is 0 Å². The van der Waals surface area contributed by atoms with Crippen LogP contribution in [-0.2, 0) is 0 Å². The molecule has 0 aliphatic carbocycles. The zero-order valence-corrected chi connectivity index (χ0v) is 17.5. The first-order valence-electron chi connectivity index (χ1n) is 7.87. The number of phenolic OH excluding ortho intramolecular Hbond substituents is 2. The number of phenols is 2. The number of nitrogens with zero attached hydrogens (tertiary/aromatic N) is 2. The van der Waals surface area contributed by atoms with Gasteiger partial charge in [-0.25, -0.2) is 9.97 Å². The normalized spacial score (nSPS) is 11.1. The summed E-state index contributed by atoms with van der Waals surface area (Å²) in [4.78, 5) is 9.41. The van der Waals surface area contributed by atoms with Gasteiger partial charge in [0, 0.05) is 25.1 Å². The first-order chi connectivity index (χ1) is 12.9. The van der Waals surface area contributed by atoms with Crippen LogP contribution in [0.3, 0.4) is 0 Å². The minimum Gasteiger partial charge on any atom is -0.507 e. The Morgan fingerprint density at radius 3 is 1.74 bits per heavy atom. The van der Waals surface area contributed by atoms with E-state index in [4.69, 9.17) is 21.6 Å². The highest BCUT2D eigenvalue weighted by Crippen LogP contribution is 2.40. The van der Waals surface area contributed by atoms with Gasteiger partial charge in [0.05, 0.1) is 11.0 Å². The van der Waals surface area contributed by atoms with Crippen LogP contribution in [0.25, 0.3) is 33.5 Å². The van der Waals surface area contributed by atoms with E-state index in [1.165, 1.54) is 0 Å². The van der Waals surface area contributed by atoms with Gasteiger partial charge < -0.3 is 10.2 Å². The standard InChI is InChI=1S/C20H11Br2ClN2O2/c21-10-1-5-17(26)13(7-10)19-20(14-8-11(22)2-6-18(14)27)25-16-9-12(23)3-4-15(16)24-19/h1-9,26-27H. The number of benzene rings is 3. The summed E-state index contributed by atoms with van der Waals surface area (Å²) in [5.74, 6) is 0.126. The topological polar surface area (TPSA) is 66.2 Å². The minimum absolute atomic E-state index is 0.0598. The van der Waals surface area contributed by atoms with Gasteiger partial charge in [0.1, 0.15) is 22.9 Å². The maximum Gasteiger partial charge on any atom is 0.125 e. The third-order valence-electron chi connectivity index (χ3n) is 4.05. The van der Waals surface area contributed by atoms with Gasteiger partial charge in [0.2, 0.25) is 0 Å². The van der Waals surface area contributed by atoms with Crippen molar-refractivity contribution in [3.8, 4) is 34.0 Å². The molecule has 0 aliphatic heterocycles. The number of rotatable bonds is 2. The van der Waals surface area contributed by atoms with Crippen molar-refractivity contribution in [3.05, 3.63) is 68.6 Å². The lowest BCUT2D eigenvalue weighted by molar-refractivity contribution is 0.475. The Labute approximate surface area is 176 Å². The number of hydrogen-bond donors (Lipinski definition) is 2. The molecule has 4 aromatic rings. The quantitative estimate of drug-likeness (QED) is 0.323. The molecule has 27 heavy (non-hydrogen) atoms. The van der Waals surface area contributed by atoms with Crippen molar-refractivity contribution in [2.24, 2.45) is 0 Å². The molecule has 1 heterocycles. The summed E-state index contributed by atoms with van der Waals surface area (Å²) in [5.41, 5.74) is 3.12. The van der Waals surface area contributed by atoms with E-state index in [1.807, 2.05) is 0 Å². The molecule has 7 heteroatoms. The number of fused-ring (bicyclic) bond motifs is 1. The van der Waals surface area contributed by atoms with Crippen LogP contribution in [0.1, 0.15) is 0 Å². The molecule has 4 nitrogen and oxygen atoms in total. The van der Waals surface area contributed by atoms with E-state index < -0.39 is 0 Å². The molecule has 0 radical (unpaired) electrons. The van der Waals surface area contributed by atoms with E-state index in [0.717, 1.165) is 8.95 Å². The molecule has 0 aliphatic rings. The second kappa shape index (κ2) is 7.11. The highest BCUT2D eigenvalue weighted by molar-refractivity contribution is 9.10. The SMILES string of the molecule is Oc1ccc(Br)cc1-c1nc2ccc(Cl)cc2nc1-c1cc(Br)ccc1O. The molecule has 4 rings (SSSR count). The van der Waals surface area contributed by atoms with Crippen molar-refractivity contribution >= 4 is 54.5 Å². The predicted octanol–water partition coefficient (Wildman–Crippen LogP) is 6.55. The molecule has 0 saturated carbocycles. The van der Waals surface area contributed by atoms with E-state index in [-0.39, 0.29) is 11.5 Å². The summed E-state index contributed by atoms with van der Waals surface area (Å²) in [7, 11) is 0. The molecule has 0 spiro atoms. The smallest absolute Gasteiger partial charge is 0.125 e. The summed E-state index contributed by atoms with van der Waals surface area (Å²) < 4.78 is 1.57. The maximum absolute atomic E-state index is 10.4. The van der Waals surface area contributed by atoms with Crippen LogP contribution in [0.2, 0.25) is 5.02 Å². The van der Waals surface area contributed by atoms with Crippen molar-refractivity contribution in [2.45, 2.75) is 0 Å². The molecule has 0 bridgehead atoms. The zero-order valence-electron chi connectivity index (χ0n) is 13.6. The van der Waals surface area contributed by atoms with E-state index >= 15 is 0 Å². The van der Waals surface area contributed by atoms with Gasteiger partial charge in [0.25, 0.3) is 0 Å². The van der Waals surface area contributed by atoms with E-state index in [0.29, 0.717) is 38.6 Å². The average molecular weight is 507 g/mol. The van der Waals surface area contributed by atoms with Crippen molar-refractivity contribution < 1.29 is 10.2 Å². The molecule has 3 aromatic carbocycles. The van der Waals surface area contributed by atoms with Crippen LogP contribution >= 0.6 is 43.5 Å². The molecule has 0 unspecified atom stereocenters. The van der Waals surface area contributed by atoms with Gasteiger partial charge in [-0.05, 0) is 54.6 Å². The first-order valence-corrected chi connectivity index (χ1v) is 9.84. The monoisotopic (exact) mass is 504 g/mol. The summed E-state index contributed by atoms with van der Waals surface area (Å²) in [5, 5.41) is 21.4. The van der Waals surface area contributed by atoms with E-state index in [2.05, 4.69) is 31.9 Å². The number of aromatic hydroxyl groups is 2. The Hall–Kier alpha value is -2.15. The van der Waals surface area contributed by atoms with Crippen LogP contribution in [-0.4, -0.2) is 20.2 Å². The van der Waals surface area contributed by atoms with E-state index in [9.17, 15) is 10.2 Å². The van der Waals surface area contributed by atoms with Crippen LogP contribution in [0.5, 0.6) is 11.5 Å². The van der Waals surface area contributed by atoms with Crippen LogP contribution in [0.15, 0.2) is 63.5 Å². The van der Waals surface area contributed by atoms with Crippen molar-refractivity contribution in [3.63, 3.8) is 0 Å². The first kappa shape index (κ1) is 18.2. The largest absolute Gasteiger partial charge is 0.507 e. The fraction of sp³-hybridized carbons (Fsp3) is 0.